The van der Waals surface area contributed by atoms with Gasteiger partial charge in [0.25, 0.3) is 5.92 Å². The van der Waals surface area contributed by atoms with Gasteiger partial charge in [-0.25, -0.2) is 13.6 Å². The zero-order valence-electron chi connectivity index (χ0n) is 8.30. The van der Waals surface area contributed by atoms with Crippen LogP contribution in [0.4, 0.5) is 8.78 Å². The molecule has 0 aromatic rings. The maximum Gasteiger partial charge on any atom is 0.342 e. The molecule has 2 aliphatic rings. The van der Waals surface area contributed by atoms with Gasteiger partial charge in [0.1, 0.15) is 0 Å². The van der Waals surface area contributed by atoms with E-state index in [0.29, 0.717) is 0 Å². The Labute approximate surface area is 85.7 Å². The number of hydrogen-bond donors (Lipinski definition) is 1. The summed E-state index contributed by atoms with van der Waals surface area (Å²) in [6.07, 6.45) is 1.95. The summed E-state index contributed by atoms with van der Waals surface area (Å²) in [5.41, 5.74) is -1.45. The zero-order chi connectivity index (χ0) is 11.3. The third-order valence-electron chi connectivity index (χ3n) is 3.06. The fourth-order valence-electron chi connectivity index (χ4n) is 1.77. The van der Waals surface area contributed by atoms with Crippen LogP contribution in [0, 0.1) is 0 Å². The molecule has 0 aromatic heterocycles. The summed E-state index contributed by atoms with van der Waals surface area (Å²) >= 11 is 0. The van der Waals surface area contributed by atoms with Gasteiger partial charge in [-0.05, 0) is 25.3 Å². The number of carbonyl (C=O) groups is 1. The van der Waals surface area contributed by atoms with Crippen LogP contribution in [0.5, 0.6) is 0 Å². The molecule has 15 heavy (non-hydrogen) atoms. The van der Waals surface area contributed by atoms with Crippen molar-refractivity contribution in [1.82, 2.24) is 0 Å². The first-order chi connectivity index (χ1) is 6.87. The number of hydrogen-bond acceptors (Lipinski definition) is 2. The van der Waals surface area contributed by atoms with Crippen LogP contribution in [0.3, 0.4) is 0 Å². The van der Waals surface area contributed by atoms with Gasteiger partial charge in [-0.1, -0.05) is 6.08 Å². The third kappa shape index (κ3) is 1.55. The summed E-state index contributed by atoms with van der Waals surface area (Å²) in [5, 5.41) is 8.83. The van der Waals surface area contributed by atoms with Crippen molar-refractivity contribution in [3.63, 3.8) is 0 Å². The van der Waals surface area contributed by atoms with E-state index in [1.165, 1.54) is 0 Å². The van der Waals surface area contributed by atoms with Gasteiger partial charge in [0.05, 0.1) is 6.10 Å². The molecule has 0 amide bonds. The average Bonchev–Trinajstić information content (AvgIpc) is 2.92. The summed E-state index contributed by atoms with van der Waals surface area (Å²) in [5.74, 6) is -4.90. The van der Waals surface area contributed by atoms with Gasteiger partial charge in [0, 0.05) is 6.42 Å². The summed E-state index contributed by atoms with van der Waals surface area (Å²) in [7, 11) is 0. The Kier molecular flexibility index (Phi) is 2.12. The van der Waals surface area contributed by atoms with Crippen molar-refractivity contribution in [3.05, 3.63) is 11.6 Å². The van der Waals surface area contributed by atoms with Gasteiger partial charge >= 0.3 is 5.97 Å². The fraction of sp³-hybridized carbons (Fsp3) is 0.700. The predicted octanol–water partition coefficient (Wildman–Crippen LogP) is 1.97. The molecule has 2 atom stereocenters. The van der Waals surface area contributed by atoms with Crippen LogP contribution in [0.2, 0.25) is 0 Å². The Bertz CT molecular complexity index is 338. The Balaban J connectivity index is 2.22. The number of alkyl halides is 2. The van der Waals surface area contributed by atoms with E-state index in [2.05, 4.69) is 0 Å². The second-order valence-electron chi connectivity index (χ2n) is 4.17. The lowest BCUT2D eigenvalue weighted by molar-refractivity contribution is -0.250. The van der Waals surface area contributed by atoms with E-state index in [0.717, 1.165) is 18.9 Å². The normalized spacial score (nSPS) is 38.3. The molecule has 2 rings (SSSR count). The first-order valence-electron chi connectivity index (χ1n) is 4.85. The molecule has 1 aliphatic heterocycles. The van der Waals surface area contributed by atoms with E-state index in [1.54, 1.807) is 0 Å². The van der Waals surface area contributed by atoms with Crippen LogP contribution >= 0.6 is 0 Å². The second kappa shape index (κ2) is 3.01. The first kappa shape index (κ1) is 10.5. The number of rotatable bonds is 2. The molecular weight excluding hydrogens is 206 g/mol. The molecule has 0 radical (unpaired) electrons. The highest BCUT2D eigenvalue weighted by Gasteiger charge is 2.61. The van der Waals surface area contributed by atoms with Crippen LogP contribution in [0.25, 0.3) is 0 Å². The molecule has 5 heteroatoms. The van der Waals surface area contributed by atoms with Gasteiger partial charge in [-0.15, -0.1) is 0 Å². The summed E-state index contributed by atoms with van der Waals surface area (Å²) < 4.78 is 31.9. The molecule has 3 nitrogen and oxygen atoms in total. The van der Waals surface area contributed by atoms with Crippen molar-refractivity contribution in [1.29, 1.82) is 0 Å². The second-order valence-corrected chi connectivity index (χ2v) is 4.17. The summed E-state index contributed by atoms with van der Waals surface area (Å²) in [6.45, 7) is 0.949. The van der Waals surface area contributed by atoms with Gasteiger partial charge < -0.3 is 9.84 Å². The lowest BCUT2D eigenvalue weighted by Crippen LogP contribution is -2.58. The van der Waals surface area contributed by atoms with Crippen LogP contribution in [-0.2, 0) is 9.53 Å². The number of aliphatic carboxylic acids is 1. The van der Waals surface area contributed by atoms with E-state index >= 15 is 0 Å². The van der Waals surface area contributed by atoms with Gasteiger partial charge in [-0.3, -0.25) is 0 Å². The van der Waals surface area contributed by atoms with Crippen LogP contribution in [-0.4, -0.2) is 28.7 Å². The Hall–Kier alpha value is -0.970. The van der Waals surface area contributed by atoms with E-state index in [1.807, 2.05) is 6.08 Å². The van der Waals surface area contributed by atoms with Crippen LogP contribution in [0.15, 0.2) is 11.6 Å². The highest BCUT2D eigenvalue weighted by molar-refractivity contribution is 5.78. The fourth-order valence-corrected chi connectivity index (χ4v) is 1.77. The van der Waals surface area contributed by atoms with Crippen molar-refractivity contribution in [3.8, 4) is 0 Å². The molecule has 0 aromatic carbocycles. The molecule has 1 fully saturated rings. The minimum Gasteiger partial charge on any atom is -0.479 e. The minimum absolute atomic E-state index is 0.196. The molecule has 0 saturated carbocycles. The quantitative estimate of drug-likeness (QED) is 0.721. The van der Waals surface area contributed by atoms with Crippen LogP contribution < -0.4 is 0 Å². The largest absolute Gasteiger partial charge is 0.479 e. The zero-order valence-corrected chi connectivity index (χ0v) is 8.30. The van der Waals surface area contributed by atoms with Crippen molar-refractivity contribution >= 4 is 5.97 Å². The third-order valence-corrected chi connectivity index (χ3v) is 3.06. The SMILES string of the molecule is CC1(C(=O)O)OC(C2=CC2)CCC1(F)F. The monoisotopic (exact) mass is 218 g/mol. The van der Waals surface area contributed by atoms with Crippen molar-refractivity contribution < 1.29 is 23.4 Å². The van der Waals surface area contributed by atoms with Crippen LogP contribution in [0.1, 0.15) is 26.2 Å². The van der Waals surface area contributed by atoms with Crippen molar-refractivity contribution in [2.45, 2.75) is 43.8 Å². The van der Waals surface area contributed by atoms with Gasteiger partial charge in [0.15, 0.2) is 0 Å². The molecule has 1 N–H and O–H groups in total. The molecule has 0 bridgehead atoms. The Morgan fingerprint density at radius 2 is 2.27 bits per heavy atom. The van der Waals surface area contributed by atoms with E-state index in [4.69, 9.17) is 9.84 Å². The number of carboxylic acids is 1. The maximum atomic E-state index is 13.4. The molecule has 1 saturated heterocycles. The Morgan fingerprint density at radius 3 is 2.73 bits per heavy atom. The molecule has 0 spiro atoms. The Morgan fingerprint density at radius 1 is 1.67 bits per heavy atom. The highest BCUT2D eigenvalue weighted by Crippen LogP contribution is 2.45. The molecule has 84 valence electrons. The van der Waals surface area contributed by atoms with Gasteiger partial charge in [0.2, 0.25) is 5.60 Å². The first-order valence-corrected chi connectivity index (χ1v) is 4.85. The number of halogens is 2. The number of carboxylic acid groups (broad SMARTS) is 1. The summed E-state index contributed by atoms with van der Waals surface area (Å²) in [6, 6.07) is 0. The lowest BCUT2D eigenvalue weighted by atomic mass is 9.88. The molecule has 1 aliphatic carbocycles. The van der Waals surface area contributed by atoms with E-state index in [-0.39, 0.29) is 6.42 Å². The minimum atomic E-state index is -3.30. The molecular formula is C10H12F2O3. The number of allylic oxidation sites excluding steroid dienone is 1. The lowest BCUT2D eigenvalue weighted by Gasteiger charge is -2.40. The predicted molar refractivity (Wildman–Crippen MR) is 47.8 cm³/mol. The van der Waals surface area contributed by atoms with E-state index in [9.17, 15) is 13.6 Å². The van der Waals surface area contributed by atoms with Gasteiger partial charge in [-0.2, -0.15) is 0 Å². The topological polar surface area (TPSA) is 46.5 Å². The maximum absolute atomic E-state index is 13.4. The highest BCUT2D eigenvalue weighted by atomic mass is 19.3. The molecule has 1 heterocycles. The molecule has 2 unspecified atom stereocenters. The van der Waals surface area contributed by atoms with Crippen molar-refractivity contribution in [2.24, 2.45) is 0 Å². The average molecular weight is 218 g/mol. The smallest absolute Gasteiger partial charge is 0.342 e. The van der Waals surface area contributed by atoms with Crippen molar-refractivity contribution in [2.75, 3.05) is 0 Å². The van der Waals surface area contributed by atoms with E-state index < -0.39 is 30.0 Å². The summed E-state index contributed by atoms with van der Waals surface area (Å²) in [4.78, 5) is 10.9. The number of ether oxygens (including phenoxy) is 1. The standard InChI is InChI=1S/C10H12F2O3/c1-9(8(13)14)10(11,12)5-4-7(15-9)6-2-3-6/h2,7H,3-5H2,1H3,(H,13,14).